The normalized spacial score (nSPS) is 12.1. The maximum absolute atomic E-state index is 10.4. The molecule has 3 rings (SSSR count). The molecular formula is C15H14N4O2. The number of hydrogen-bond donors (Lipinski definition) is 1. The first-order chi connectivity index (χ1) is 10.3. The lowest BCUT2D eigenvalue weighted by Crippen LogP contribution is -2.04. The van der Waals surface area contributed by atoms with Crippen LogP contribution in [-0.4, -0.2) is 32.2 Å². The Labute approximate surface area is 121 Å². The van der Waals surface area contributed by atoms with Crippen LogP contribution < -0.4 is 4.74 Å². The monoisotopic (exact) mass is 282 g/mol. The van der Waals surface area contributed by atoms with Crippen LogP contribution in [0.4, 0.5) is 0 Å². The van der Waals surface area contributed by atoms with Crippen molar-refractivity contribution >= 4 is 0 Å². The fourth-order valence-electron chi connectivity index (χ4n) is 1.95. The molecule has 0 saturated heterocycles. The Hall–Kier alpha value is -2.73. The third kappa shape index (κ3) is 2.75. The molecule has 1 unspecified atom stereocenters. The van der Waals surface area contributed by atoms with E-state index in [-0.39, 0.29) is 0 Å². The smallest absolute Gasteiger partial charge is 0.137 e. The molecule has 106 valence electrons. The van der Waals surface area contributed by atoms with Crippen LogP contribution in [0, 0.1) is 0 Å². The largest absolute Gasteiger partial charge is 0.495 e. The highest BCUT2D eigenvalue weighted by Gasteiger charge is 2.16. The molecule has 1 atom stereocenters. The zero-order valence-electron chi connectivity index (χ0n) is 11.4. The van der Waals surface area contributed by atoms with E-state index in [2.05, 4.69) is 15.2 Å². The maximum Gasteiger partial charge on any atom is 0.137 e. The standard InChI is InChI=1S/C15H14N4O2/c1-21-13-7-11(8-16-9-13)15(20)14-10-17-19(18-14)12-5-3-2-4-6-12/h2-10,15,20H,1H3. The molecule has 0 aliphatic carbocycles. The summed E-state index contributed by atoms with van der Waals surface area (Å²) in [5.74, 6) is 0.585. The second kappa shape index (κ2) is 5.72. The summed E-state index contributed by atoms with van der Waals surface area (Å²) in [5, 5.41) is 18.8. The van der Waals surface area contributed by atoms with Gasteiger partial charge in [0.2, 0.25) is 0 Å². The summed E-state index contributed by atoms with van der Waals surface area (Å²) in [4.78, 5) is 5.51. The number of aliphatic hydroxyl groups is 1. The molecule has 0 aliphatic heterocycles. The van der Waals surface area contributed by atoms with Gasteiger partial charge in [0.15, 0.2) is 0 Å². The predicted molar refractivity (Wildman–Crippen MR) is 76.2 cm³/mol. The van der Waals surface area contributed by atoms with Crippen LogP contribution in [0.3, 0.4) is 0 Å². The Kier molecular flexibility index (Phi) is 3.61. The molecular weight excluding hydrogens is 268 g/mol. The van der Waals surface area contributed by atoms with Crippen molar-refractivity contribution < 1.29 is 9.84 Å². The van der Waals surface area contributed by atoms with Crippen LogP contribution in [0.2, 0.25) is 0 Å². The van der Waals surface area contributed by atoms with Gasteiger partial charge in [-0.2, -0.15) is 15.0 Å². The molecule has 1 aromatic carbocycles. The van der Waals surface area contributed by atoms with Gasteiger partial charge >= 0.3 is 0 Å². The fraction of sp³-hybridized carbons (Fsp3) is 0.133. The molecule has 1 N–H and O–H groups in total. The van der Waals surface area contributed by atoms with Crippen molar-refractivity contribution in [2.24, 2.45) is 0 Å². The van der Waals surface area contributed by atoms with Crippen molar-refractivity contribution in [2.45, 2.75) is 6.10 Å². The number of hydrogen-bond acceptors (Lipinski definition) is 5. The van der Waals surface area contributed by atoms with Gasteiger partial charge in [0.1, 0.15) is 17.5 Å². The average molecular weight is 282 g/mol. The third-order valence-corrected chi connectivity index (χ3v) is 3.06. The van der Waals surface area contributed by atoms with E-state index < -0.39 is 6.10 Å². The number of aliphatic hydroxyl groups excluding tert-OH is 1. The van der Waals surface area contributed by atoms with Gasteiger partial charge in [-0.15, -0.1) is 0 Å². The summed E-state index contributed by atoms with van der Waals surface area (Å²) in [6.45, 7) is 0. The first-order valence-electron chi connectivity index (χ1n) is 6.42. The topological polar surface area (TPSA) is 73.1 Å². The minimum atomic E-state index is -0.898. The molecule has 0 amide bonds. The van der Waals surface area contributed by atoms with Gasteiger partial charge in [-0.05, 0) is 18.2 Å². The average Bonchev–Trinajstić information content (AvgIpc) is 3.05. The van der Waals surface area contributed by atoms with Crippen LogP contribution in [0.1, 0.15) is 17.4 Å². The SMILES string of the molecule is COc1cncc(C(O)c2cnn(-c3ccccc3)n2)c1. The van der Waals surface area contributed by atoms with E-state index in [4.69, 9.17) is 4.74 Å². The first kappa shape index (κ1) is 13.3. The number of methoxy groups -OCH3 is 1. The van der Waals surface area contributed by atoms with Crippen molar-refractivity contribution in [1.82, 2.24) is 20.0 Å². The van der Waals surface area contributed by atoms with Crippen molar-refractivity contribution in [3.63, 3.8) is 0 Å². The van der Waals surface area contributed by atoms with E-state index in [1.165, 1.54) is 11.0 Å². The van der Waals surface area contributed by atoms with Crippen molar-refractivity contribution in [2.75, 3.05) is 7.11 Å². The van der Waals surface area contributed by atoms with Gasteiger partial charge < -0.3 is 9.84 Å². The fourth-order valence-corrected chi connectivity index (χ4v) is 1.95. The van der Waals surface area contributed by atoms with Crippen LogP contribution in [0.15, 0.2) is 55.0 Å². The zero-order valence-corrected chi connectivity index (χ0v) is 11.4. The molecule has 6 heteroatoms. The molecule has 3 aromatic rings. The Morgan fingerprint density at radius 1 is 1.14 bits per heavy atom. The zero-order chi connectivity index (χ0) is 14.7. The van der Waals surface area contributed by atoms with E-state index in [9.17, 15) is 5.11 Å². The number of rotatable bonds is 4. The molecule has 2 heterocycles. The maximum atomic E-state index is 10.4. The van der Waals surface area contributed by atoms with Crippen LogP contribution in [0.5, 0.6) is 5.75 Å². The summed E-state index contributed by atoms with van der Waals surface area (Å²) in [5.41, 5.74) is 1.89. The Morgan fingerprint density at radius 2 is 1.95 bits per heavy atom. The van der Waals surface area contributed by atoms with Gasteiger partial charge in [0.05, 0.1) is 25.2 Å². The van der Waals surface area contributed by atoms with Crippen molar-refractivity contribution in [3.8, 4) is 11.4 Å². The molecule has 21 heavy (non-hydrogen) atoms. The summed E-state index contributed by atoms with van der Waals surface area (Å²) in [6.07, 6.45) is 3.80. The van der Waals surface area contributed by atoms with Gasteiger partial charge in [-0.3, -0.25) is 4.98 Å². The van der Waals surface area contributed by atoms with E-state index >= 15 is 0 Å². The van der Waals surface area contributed by atoms with Crippen molar-refractivity contribution in [1.29, 1.82) is 0 Å². The van der Waals surface area contributed by atoms with E-state index in [0.29, 0.717) is 17.0 Å². The molecule has 0 spiro atoms. The van der Waals surface area contributed by atoms with Gasteiger partial charge in [0, 0.05) is 11.8 Å². The van der Waals surface area contributed by atoms with Gasteiger partial charge in [-0.25, -0.2) is 0 Å². The van der Waals surface area contributed by atoms with Crippen molar-refractivity contribution in [3.05, 3.63) is 66.2 Å². The number of benzene rings is 1. The van der Waals surface area contributed by atoms with Crippen LogP contribution in [-0.2, 0) is 0 Å². The third-order valence-electron chi connectivity index (χ3n) is 3.06. The van der Waals surface area contributed by atoms with E-state index in [1.54, 1.807) is 25.6 Å². The molecule has 2 aromatic heterocycles. The highest BCUT2D eigenvalue weighted by atomic mass is 16.5. The summed E-state index contributed by atoms with van der Waals surface area (Å²) in [7, 11) is 1.55. The molecule has 0 saturated carbocycles. The summed E-state index contributed by atoms with van der Waals surface area (Å²) >= 11 is 0. The quantitative estimate of drug-likeness (QED) is 0.789. The second-order valence-corrected chi connectivity index (χ2v) is 4.46. The Morgan fingerprint density at radius 3 is 2.71 bits per heavy atom. The molecule has 0 radical (unpaired) electrons. The number of nitrogens with zero attached hydrogens (tertiary/aromatic N) is 4. The first-order valence-corrected chi connectivity index (χ1v) is 6.42. The summed E-state index contributed by atoms with van der Waals surface area (Å²) in [6, 6.07) is 11.2. The van der Waals surface area contributed by atoms with E-state index in [0.717, 1.165) is 5.69 Å². The minimum absolute atomic E-state index is 0.453. The molecule has 0 aliphatic rings. The van der Waals surface area contributed by atoms with Crippen LogP contribution in [0.25, 0.3) is 5.69 Å². The highest BCUT2D eigenvalue weighted by molar-refractivity contribution is 5.31. The lowest BCUT2D eigenvalue weighted by molar-refractivity contribution is 0.213. The molecule has 0 fully saturated rings. The highest BCUT2D eigenvalue weighted by Crippen LogP contribution is 2.22. The number of aromatic nitrogens is 4. The Bertz CT molecular complexity index is 727. The molecule has 6 nitrogen and oxygen atoms in total. The lowest BCUT2D eigenvalue weighted by Gasteiger charge is -2.08. The number of ether oxygens (including phenoxy) is 1. The van der Waals surface area contributed by atoms with Crippen LogP contribution >= 0.6 is 0 Å². The minimum Gasteiger partial charge on any atom is -0.495 e. The summed E-state index contributed by atoms with van der Waals surface area (Å²) < 4.78 is 5.10. The van der Waals surface area contributed by atoms with E-state index in [1.807, 2.05) is 30.3 Å². The number of pyridine rings is 1. The van der Waals surface area contributed by atoms with Gasteiger partial charge in [0.25, 0.3) is 0 Å². The lowest BCUT2D eigenvalue weighted by atomic mass is 10.1. The predicted octanol–water partition coefficient (Wildman–Crippen LogP) is 1.75. The Balaban J connectivity index is 1.88. The number of para-hydroxylation sites is 1. The second-order valence-electron chi connectivity index (χ2n) is 4.46. The molecule has 0 bridgehead atoms. The van der Waals surface area contributed by atoms with Gasteiger partial charge in [-0.1, -0.05) is 18.2 Å².